The number of aromatic nitrogens is 2. The number of benzene rings is 3. The number of halogens is 1. The lowest BCUT2D eigenvalue weighted by Crippen LogP contribution is -2.12. The number of unbranched alkanes of at least 4 members (excludes halogenated alkanes) is 1. The molecule has 0 aliphatic rings. The molecule has 0 aliphatic carbocycles. The van der Waals surface area contributed by atoms with Gasteiger partial charge in [-0.1, -0.05) is 41.3 Å². The van der Waals surface area contributed by atoms with Crippen molar-refractivity contribution in [3.63, 3.8) is 0 Å². The molecule has 0 spiro atoms. The zero-order valence-corrected chi connectivity index (χ0v) is 21.0. The molecule has 0 amide bonds. The van der Waals surface area contributed by atoms with Gasteiger partial charge in [0.1, 0.15) is 17.1 Å². The van der Waals surface area contributed by atoms with Crippen molar-refractivity contribution in [2.45, 2.75) is 26.3 Å². The van der Waals surface area contributed by atoms with Crippen LogP contribution in [0, 0.1) is 12.3 Å². The molecule has 0 atom stereocenters. The lowest BCUT2D eigenvalue weighted by molar-refractivity contribution is 0.417. The largest absolute Gasteiger partial charge is 0.496 e. The summed E-state index contributed by atoms with van der Waals surface area (Å²) in [6.45, 7) is 2.73. The van der Waals surface area contributed by atoms with E-state index in [2.05, 4.69) is 26.6 Å². The predicted molar refractivity (Wildman–Crippen MR) is 143 cm³/mol. The molecule has 7 nitrogen and oxygen atoms in total. The van der Waals surface area contributed by atoms with Gasteiger partial charge in [-0.25, -0.2) is 0 Å². The minimum atomic E-state index is -5.18. The van der Waals surface area contributed by atoms with Crippen LogP contribution in [-0.4, -0.2) is 25.1 Å². The van der Waals surface area contributed by atoms with Crippen molar-refractivity contribution in [1.82, 2.24) is 9.55 Å². The average molecular weight is 519 g/mol. The quantitative estimate of drug-likeness (QED) is 0.221. The molecule has 0 fully saturated rings. The second-order valence-corrected chi connectivity index (χ2v) is 9.61. The van der Waals surface area contributed by atoms with Crippen LogP contribution in [0.3, 0.4) is 0 Å². The summed E-state index contributed by atoms with van der Waals surface area (Å²) < 4.78 is 47.3. The number of hydrogen-bond acceptors (Lipinski definition) is 5. The van der Waals surface area contributed by atoms with Gasteiger partial charge in [-0.3, -0.25) is 4.79 Å². The van der Waals surface area contributed by atoms with E-state index in [0.29, 0.717) is 50.9 Å². The number of aryl methyl sites for hydroxylation is 1. The van der Waals surface area contributed by atoms with E-state index in [9.17, 15) is 17.1 Å². The molecule has 0 saturated carbocycles. The molecule has 3 aromatic carbocycles. The second-order valence-electron chi connectivity index (χ2n) is 8.66. The molecular weight excluding hydrogens is 495 g/mol. The van der Waals surface area contributed by atoms with Gasteiger partial charge in [-0.05, 0) is 48.4 Å². The van der Waals surface area contributed by atoms with E-state index >= 15 is 0 Å². The lowest BCUT2D eigenvalue weighted by atomic mass is 10.0. The first-order valence-electron chi connectivity index (χ1n) is 11.6. The Balaban J connectivity index is 1.84. The highest BCUT2D eigenvalue weighted by Gasteiger charge is 2.20. The highest BCUT2D eigenvalue weighted by molar-refractivity contribution is 7.81. The summed E-state index contributed by atoms with van der Waals surface area (Å²) in [6, 6.07) is 15.0. The summed E-state index contributed by atoms with van der Waals surface area (Å²) in [6.07, 6.45) is 7.40. The predicted octanol–water partition coefficient (Wildman–Crippen LogP) is 5.69. The second kappa shape index (κ2) is 9.30. The van der Waals surface area contributed by atoms with Crippen molar-refractivity contribution in [2.75, 3.05) is 7.11 Å². The normalized spacial score (nSPS) is 11.7. The number of terminal acetylenes is 1. The van der Waals surface area contributed by atoms with Crippen molar-refractivity contribution < 1.29 is 21.2 Å². The number of ether oxygens (including phenoxy) is 1. The van der Waals surface area contributed by atoms with E-state index in [1.54, 1.807) is 18.2 Å². The third-order valence-electron chi connectivity index (χ3n) is 6.37. The molecule has 0 saturated heterocycles. The summed E-state index contributed by atoms with van der Waals surface area (Å²) in [5, 5.41) is 1.83. The number of aromatic amines is 1. The van der Waals surface area contributed by atoms with Crippen molar-refractivity contribution in [2.24, 2.45) is 0 Å². The Morgan fingerprint density at radius 3 is 2.62 bits per heavy atom. The summed E-state index contributed by atoms with van der Waals surface area (Å²) in [5.74, 6) is 2.85. The fourth-order valence-electron chi connectivity index (χ4n) is 4.71. The summed E-state index contributed by atoms with van der Waals surface area (Å²) in [4.78, 5) is 17.2. The molecule has 5 aromatic rings. The fourth-order valence-corrected chi connectivity index (χ4v) is 5.04. The minimum absolute atomic E-state index is 0.150. The number of fused-ring (bicyclic) bond motifs is 4. The van der Waals surface area contributed by atoms with Gasteiger partial charge in [0.25, 0.3) is 0 Å². The van der Waals surface area contributed by atoms with Crippen LogP contribution in [0.2, 0.25) is 0 Å². The van der Waals surface area contributed by atoms with E-state index in [4.69, 9.17) is 11.2 Å². The van der Waals surface area contributed by atoms with Crippen LogP contribution in [0.15, 0.2) is 59.4 Å². The van der Waals surface area contributed by atoms with E-state index < -0.39 is 10.5 Å². The van der Waals surface area contributed by atoms with Crippen molar-refractivity contribution in [1.29, 1.82) is 0 Å². The van der Waals surface area contributed by atoms with Crippen molar-refractivity contribution in [3.8, 4) is 35.0 Å². The zero-order chi connectivity index (χ0) is 26.3. The van der Waals surface area contributed by atoms with Gasteiger partial charge in [-0.15, -0.1) is 6.42 Å². The first-order chi connectivity index (χ1) is 17.7. The van der Waals surface area contributed by atoms with E-state index in [1.165, 1.54) is 19.2 Å². The van der Waals surface area contributed by atoms with Gasteiger partial charge in [0.2, 0.25) is 0 Å². The maximum atomic E-state index is 13.8. The molecule has 5 rings (SSSR count). The molecule has 2 heterocycles. The molecule has 0 aliphatic heterocycles. The molecule has 9 heteroatoms. The average Bonchev–Trinajstić information content (AvgIpc) is 3.26. The number of nitrogens with one attached hydrogen (secondary N) is 1. The Morgan fingerprint density at radius 1 is 1.11 bits per heavy atom. The fraction of sp³-hybridized carbons (Fsp3) is 0.179. The molecule has 188 valence electrons. The number of nitrogens with zero attached hydrogens (tertiary/aromatic N) is 1. The highest BCUT2D eigenvalue weighted by Crippen LogP contribution is 2.37. The maximum absolute atomic E-state index is 13.8. The van der Waals surface area contributed by atoms with Crippen LogP contribution in [0.25, 0.3) is 44.0 Å². The number of H-pyrrole nitrogens is 1. The van der Waals surface area contributed by atoms with Crippen LogP contribution in [0.1, 0.15) is 25.3 Å². The monoisotopic (exact) mass is 518 g/mol. The van der Waals surface area contributed by atoms with E-state index in [1.807, 2.05) is 24.3 Å². The highest BCUT2D eigenvalue weighted by atomic mass is 32.3. The van der Waals surface area contributed by atoms with Gasteiger partial charge in [-0.2, -0.15) is 8.42 Å². The Bertz CT molecular complexity index is 1900. The molecule has 0 radical (unpaired) electrons. The van der Waals surface area contributed by atoms with Crippen molar-refractivity contribution in [3.05, 3.63) is 70.4 Å². The van der Waals surface area contributed by atoms with Crippen LogP contribution >= 0.6 is 0 Å². The Labute approximate surface area is 212 Å². The number of rotatable bonds is 7. The third kappa shape index (κ3) is 4.41. The smallest absolute Gasteiger partial charge is 0.488 e. The Kier molecular flexibility index (Phi) is 6.13. The molecular formula is C28H23FN2O5S. The minimum Gasteiger partial charge on any atom is -0.496 e. The first-order valence-corrected chi connectivity index (χ1v) is 13.0. The number of pyridine rings is 1. The van der Waals surface area contributed by atoms with Gasteiger partial charge < -0.3 is 18.5 Å². The molecule has 2 aromatic heterocycles. The summed E-state index contributed by atoms with van der Waals surface area (Å²) in [7, 11) is -3.70. The summed E-state index contributed by atoms with van der Waals surface area (Å²) >= 11 is 0. The lowest BCUT2D eigenvalue weighted by Gasteiger charge is -2.16. The zero-order valence-electron chi connectivity index (χ0n) is 20.2. The topological polar surface area (TPSA) is 90.4 Å². The van der Waals surface area contributed by atoms with Gasteiger partial charge in [0, 0.05) is 28.6 Å². The maximum Gasteiger partial charge on any atom is 0.488 e. The van der Waals surface area contributed by atoms with E-state index in [-0.39, 0.29) is 11.2 Å². The van der Waals surface area contributed by atoms with Crippen LogP contribution in [0.5, 0.6) is 11.5 Å². The standard InChI is InChI=1S/C28H23FN2O5S/c1-4-6-12-31-24-15-21(18-8-7-9-19(14-18)36-37(29,33)34)25(35-3)16-22(24)27(32)26-20-11-10-17(5-2)13-23(20)30-28(26)31/h2,7-11,13-16,30H,4,6,12H2,1,3H3. The summed E-state index contributed by atoms with van der Waals surface area (Å²) in [5.41, 5.74) is 3.81. The van der Waals surface area contributed by atoms with Gasteiger partial charge in [0.05, 0.1) is 23.4 Å². The SMILES string of the molecule is C#Cc1ccc2c(c1)[nH]c1c2c(=O)c2cc(OC)c(-c3cccc(OS(=O)(=O)F)c3)cc2n1CCCC. The van der Waals surface area contributed by atoms with Gasteiger partial charge >= 0.3 is 10.5 Å². The molecule has 0 bridgehead atoms. The molecule has 37 heavy (non-hydrogen) atoms. The van der Waals surface area contributed by atoms with Gasteiger partial charge in [0.15, 0.2) is 5.43 Å². The van der Waals surface area contributed by atoms with Crippen LogP contribution in [-0.2, 0) is 17.0 Å². The first kappa shape index (κ1) is 24.4. The van der Waals surface area contributed by atoms with Crippen LogP contribution in [0.4, 0.5) is 3.89 Å². The molecule has 0 unspecified atom stereocenters. The van der Waals surface area contributed by atoms with Crippen LogP contribution < -0.4 is 14.3 Å². The Morgan fingerprint density at radius 2 is 1.92 bits per heavy atom. The van der Waals surface area contributed by atoms with E-state index in [0.717, 1.165) is 23.7 Å². The van der Waals surface area contributed by atoms with Crippen molar-refractivity contribution >= 4 is 43.3 Å². The molecule has 1 N–H and O–H groups in total. The third-order valence-corrected chi connectivity index (χ3v) is 6.76. The Hall–Kier alpha value is -4.29. The number of methoxy groups -OCH3 is 1. The number of hydrogen-bond donors (Lipinski definition) is 1.